The van der Waals surface area contributed by atoms with Crippen LogP contribution < -0.4 is 10.7 Å². The third-order valence-electron chi connectivity index (χ3n) is 5.25. The molecule has 0 radical (unpaired) electrons. The Balaban J connectivity index is 1.38. The number of fused-ring (bicyclic) bond motifs is 3. The lowest BCUT2D eigenvalue weighted by Crippen LogP contribution is -2.42. The highest BCUT2D eigenvalue weighted by Crippen LogP contribution is 2.44. The molecule has 4 heteroatoms. The van der Waals surface area contributed by atoms with Crippen molar-refractivity contribution in [2.75, 3.05) is 0 Å². The van der Waals surface area contributed by atoms with Crippen LogP contribution >= 0.6 is 12.2 Å². The van der Waals surface area contributed by atoms with Crippen LogP contribution in [-0.4, -0.2) is 17.4 Å². The highest BCUT2D eigenvalue weighted by Gasteiger charge is 2.39. The highest BCUT2D eigenvalue weighted by atomic mass is 32.1. The van der Waals surface area contributed by atoms with Gasteiger partial charge in [0.05, 0.1) is 6.21 Å². The molecule has 2 aromatic rings. The van der Waals surface area contributed by atoms with Gasteiger partial charge >= 0.3 is 0 Å². The molecule has 2 fully saturated rings. The third kappa shape index (κ3) is 3.08. The Hall–Kier alpha value is -1.94. The summed E-state index contributed by atoms with van der Waals surface area (Å²) in [6.07, 6.45) is 7.24. The molecule has 2 bridgehead atoms. The Kier molecular flexibility index (Phi) is 4.00. The summed E-state index contributed by atoms with van der Waals surface area (Å²) in [4.78, 5) is 0. The minimum absolute atomic E-state index is 0.543. The molecule has 4 rings (SSSR count). The molecule has 23 heavy (non-hydrogen) atoms. The van der Waals surface area contributed by atoms with Gasteiger partial charge in [0, 0.05) is 11.6 Å². The van der Waals surface area contributed by atoms with Crippen LogP contribution in [0.5, 0.6) is 0 Å². The number of benzene rings is 2. The lowest BCUT2D eigenvalue weighted by Gasteiger charge is -2.23. The lowest BCUT2D eigenvalue weighted by atomic mass is 9.96. The van der Waals surface area contributed by atoms with Crippen molar-refractivity contribution >= 4 is 34.3 Å². The van der Waals surface area contributed by atoms with E-state index in [1.165, 1.54) is 36.5 Å². The normalized spacial score (nSPS) is 26.0. The summed E-state index contributed by atoms with van der Waals surface area (Å²) in [5, 5.41) is 10.8. The zero-order valence-electron chi connectivity index (χ0n) is 13.0. The summed E-state index contributed by atoms with van der Waals surface area (Å²) < 4.78 is 0. The SMILES string of the molecule is S=C(N/N=C\c1cccc2ccccc12)N[C@H]1C[C@@H]2CC[C@@H]1C2. The van der Waals surface area contributed by atoms with E-state index in [9.17, 15) is 0 Å². The minimum Gasteiger partial charge on any atom is -0.358 e. The van der Waals surface area contributed by atoms with E-state index in [4.69, 9.17) is 12.2 Å². The second-order valence-electron chi connectivity index (χ2n) is 6.69. The van der Waals surface area contributed by atoms with Gasteiger partial charge in [-0.3, -0.25) is 5.43 Å². The second kappa shape index (κ2) is 6.28. The molecule has 2 N–H and O–H groups in total. The first-order valence-corrected chi connectivity index (χ1v) is 8.78. The first-order valence-electron chi connectivity index (χ1n) is 8.37. The molecule has 0 aliphatic heterocycles. The molecule has 2 aromatic carbocycles. The number of hydrogen-bond acceptors (Lipinski definition) is 2. The van der Waals surface area contributed by atoms with Gasteiger partial charge in [-0.1, -0.05) is 48.9 Å². The third-order valence-corrected chi connectivity index (χ3v) is 5.46. The van der Waals surface area contributed by atoms with Crippen molar-refractivity contribution in [1.82, 2.24) is 10.7 Å². The molecular weight excluding hydrogens is 302 g/mol. The van der Waals surface area contributed by atoms with Gasteiger partial charge in [0.25, 0.3) is 0 Å². The number of thiocarbonyl (C=S) groups is 1. The molecule has 3 nitrogen and oxygen atoms in total. The first kappa shape index (κ1) is 14.6. The predicted molar refractivity (Wildman–Crippen MR) is 99.6 cm³/mol. The molecule has 2 aliphatic carbocycles. The Bertz CT molecular complexity index is 750. The Morgan fingerprint density at radius 3 is 2.78 bits per heavy atom. The smallest absolute Gasteiger partial charge is 0.187 e. The monoisotopic (exact) mass is 323 g/mol. The summed E-state index contributed by atoms with van der Waals surface area (Å²) in [5.74, 6) is 1.72. The van der Waals surface area contributed by atoms with E-state index in [0.717, 1.165) is 17.4 Å². The quantitative estimate of drug-likeness (QED) is 0.512. The van der Waals surface area contributed by atoms with Crippen LogP contribution in [-0.2, 0) is 0 Å². The van der Waals surface area contributed by atoms with Crippen molar-refractivity contribution in [3.63, 3.8) is 0 Å². The van der Waals surface area contributed by atoms with Gasteiger partial charge in [0.1, 0.15) is 0 Å². The molecule has 0 heterocycles. The van der Waals surface area contributed by atoms with E-state index >= 15 is 0 Å². The van der Waals surface area contributed by atoms with Crippen molar-refractivity contribution < 1.29 is 0 Å². The standard InChI is InChI=1S/C19H21N3S/c23-19(21-18-11-13-8-9-15(18)10-13)22-20-12-16-6-3-5-14-4-1-2-7-17(14)16/h1-7,12-13,15,18H,8-11H2,(H2,21,22,23)/b20-12-/t13-,15-,18+/m1/s1. The zero-order chi connectivity index (χ0) is 15.6. The first-order chi connectivity index (χ1) is 11.3. The fourth-order valence-corrected chi connectivity index (χ4v) is 4.35. The molecule has 0 amide bonds. The molecule has 0 saturated heterocycles. The molecule has 2 aliphatic rings. The maximum atomic E-state index is 5.38. The molecular formula is C19H21N3S. The van der Waals surface area contributed by atoms with Crippen molar-refractivity contribution in [2.24, 2.45) is 16.9 Å². The van der Waals surface area contributed by atoms with Gasteiger partial charge < -0.3 is 5.32 Å². The predicted octanol–water partition coefficient (Wildman–Crippen LogP) is 3.83. The molecule has 0 aromatic heterocycles. The van der Waals surface area contributed by atoms with Crippen LogP contribution in [0.1, 0.15) is 31.2 Å². The molecule has 3 atom stereocenters. The van der Waals surface area contributed by atoms with Crippen LogP contribution in [0.3, 0.4) is 0 Å². The van der Waals surface area contributed by atoms with Crippen molar-refractivity contribution in [2.45, 2.75) is 31.7 Å². The van der Waals surface area contributed by atoms with Crippen LogP contribution in [0.15, 0.2) is 47.6 Å². The number of hydrogen-bond donors (Lipinski definition) is 2. The lowest BCUT2D eigenvalue weighted by molar-refractivity contribution is 0.389. The van der Waals surface area contributed by atoms with Gasteiger partial charge in [-0.2, -0.15) is 5.10 Å². The van der Waals surface area contributed by atoms with E-state index in [2.05, 4.69) is 58.3 Å². The van der Waals surface area contributed by atoms with Crippen molar-refractivity contribution in [3.05, 3.63) is 48.0 Å². The number of hydrazone groups is 1. The van der Waals surface area contributed by atoms with Crippen LogP contribution in [0, 0.1) is 11.8 Å². The van der Waals surface area contributed by atoms with E-state index in [0.29, 0.717) is 11.2 Å². The topological polar surface area (TPSA) is 36.4 Å². The summed E-state index contributed by atoms with van der Waals surface area (Å²) >= 11 is 5.38. The Labute approximate surface area is 142 Å². The molecule has 0 unspecified atom stereocenters. The summed E-state index contributed by atoms with van der Waals surface area (Å²) in [6.45, 7) is 0. The minimum atomic E-state index is 0.543. The van der Waals surface area contributed by atoms with E-state index in [1.54, 1.807) is 0 Å². The van der Waals surface area contributed by atoms with E-state index in [1.807, 2.05) is 6.21 Å². The average Bonchev–Trinajstić information content (AvgIpc) is 3.18. The van der Waals surface area contributed by atoms with Gasteiger partial charge in [0.2, 0.25) is 0 Å². The van der Waals surface area contributed by atoms with Crippen molar-refractivity contribution in [1.29, 1.82) is 0 Å². The van der Waals surface area contributed by atoms with E-state index < -0.39 is 0 Å². The average molecular weight is 323 g/mol. The largest absolute Gasteiger partial charge is 0.358 e. The molecule has 0 spiro atoms. The van der Waals surface area contributed by atoms with Gasteiger partial charge in [-0.25, -0.2) is 0 Å². The molecule has 118 valence electrons. The van der Waals surface area contributed by atoms with Gasteiger partial charge in [0.15, 0.2) is 5.11 Å². The van der Waals surface area contributed by atoms with Crippen LogP contribution in [0.2, 0.25) is 0 Å². The fraction of sp³-hybridized carbons (Fsp3) is 0.368. The summed E-state index contributed by atoms with van der Waals surface area (Å²) in [7, 11) is 0. The van der Waals surface area contributed by atoms with Crippen LogP contribution in [0.4, 0.5) is 0 Å². The molecule has 2 saturated carbocycles. The van der Waals surface area contributed by atoms with E-state index in [-0.39, 0.29) is 0 Å². The van der Waals surface area contributed by atoms with Gasteiger partial charge in [-0.15, -0.1) is 0 Å². The maximum Gasteiger partial charge on any atom is 0.187 e. The van der Waals surface area contributed by atoms with Gasteiger partial charge in [-0.05, 0) is 54.1 Å². The van der Waals surface area contributed by atoms with Crippen molar-refractivity contribution in [3.8, 4) is 0 Å². The number of nitrogens with one attached hydrogen (secondary N) is 2. The fourth-order valence-electron chi connectivity index (χ4n) is 4.15. The summed E-state index contributed by atoms with van der Waals surface area (Å²) in [5.41, 5.74) is 4.07. The van der Waals surface area contributed by atoms with Crippen LogP contribution in [0.25, 0.3) is 10.8 Å². The zero-order valence-corrected chi connectivity index (χ0v) is 13.9. The number of nitrogens with zero attached hydrogens (tertiary/aromatic N) is 1. The maximum absolute atomic E-state index is 5.38. The summed E-state index contributed by atoms with van der Waals surface area (Å²) in [6, 6.07) is 15.1. The Morgan fingerprint density at radius 2 is 1.96 bits per heavy atom. The highest BCUT2D eigenvalue weighted by molar-refractivity contribution is 7.80. The second-order valence-corrected chi connectivity index (χ2v) is 7.10. The number of rotatable bonds is 3. The Morgan fingerprint density at radius 1 is 1.09 bits per heavy atom.